The quantitative estimate of drug-likeness (QED) is 0.239. The minimum Gasteiger partial charge on any atom is -0.489 e. The van der Waals surface area contributed by atoms with Gasteiger partial charge in [0.2, 0.25) is 0 Å². The highest BCUT2D eigenvalue weighted by molar-refractivity contribution is 6.59. The maximum Gasteiger partial charge on any atom is 0.491 e. The second-order valence-electron chi connectivity index (χ2n) is 11.1. The number of nitrogens with one attached hydrogen (secondary N) is 2. The van der Waals surface area contributed by atoms with Gasteiger partial charge < -0.3 is 24.8 Å². The van der Waals surface area contributed by atoms with E-state index in [2.05, 4.69) is 20.9 Å². The molecule has 14 heteroatoms. The van der Waals surface area contributed by atoms with Crippen LogP contribution in [0.4, 0.5) is 9.18 Å². The number of nitrogens with zero attached hydrogens (tertiary/aromatic N) is 4. The van der Waals surface area contributed by atoms with Crippen LogP contribution in [0, 0.1) is 17.1 Å². The Morgan fingerprint density at radius 2 is 2.00 bits per heavy atom. The number of halogens is 1. The van der Waals surface area contributed by atoms with Crippen molar-refractivity contribution in [3.05, 3.63) is 53.0 Å². The SMILES string of the molecule is Cn1ncc(-c2ccc3c(c2)C(CNC(=O)OC(C)(C)C)=NNC3=C=O)c1-c1c(F)c(B(O)O)cc(OC2CC2)c1C#N. The van der Waals surface area contributed by atoms with E-state index in [0.29, 0.717) is 28.0 Å². The van der Waals surface area contributed by atoms with Crippen molar-refractivity contribution < 1.29 is 33.5 Å². The Kier molecular flexibility index (Phi) is 7.81. The van der Waals surface area contributed by atoms with Crippen molar-refractivity contribution in [3.8, 4) is 34.2 Å². The molecule has 0 atom stereocenters. The van der Waals surface area contributed by atoms with Crippen LogP contribution in [0.5, 0.6) is 5.75 Å². The van der Waals surface area contributed by atoms with Crippen molar-refractivity contribution >= 4 is 36.0 Å². The average Bonchev–Trinajstić information content (AvgIpc) is 3.69. The van der Waals surface area contributed by atoms with Gasteiger partial charge in [0.05, 0.1) is 35.8 Å². The number of aromatic nitrogens is 2. The molecule has 2 aromatic carbocycles. The largest absolute Gasteiger partial charge is 0.491 e. The summed E-state index contributed by atoms with van der Waals surface area (Å²) in [5, 5.41) is 41.2. The van der Waals surface area contributed by atoms with E-state index in [9.17, 15) is 24.9 Å². The Hall–Kier alpha value is -4.96. The lowest BCUT2D eigenvalue weighted by atomic mass is 9.77. The van der Waals surface area contributed by atoms with Crippen molar-refractivity contribution in [2.24, 2.45) is 12.1 Å². The molecule has 3 aromatic rings. The number of amides is 1. The van der Waals surface area contributed by atoms with Crippen molar-refractivity contribution in [1.82, 2.24) is 20.5 Å². The molecule has 2 heterocycles. The zero-order valence-electron chi connectivity index (χ0n) is 23.9. The molecule has 0 spiro atoms. The van der Waals surface area contributed by atoms with E-state index in [0.717, 1.165) is 18.9 Å². The maximum absolute atomic E-state index is 16.0. The number of alkyl carbamates (subject to hydrolysis) is 1. The van der Waals surface area contributed by atoms with Crippen molar-refractivity contribution in [2.75, 3.05) is 6.54 Å². The molecule has 1 fully saturated rings. The second kappa shape index (κ2) is 11.4. The Labute approximate surface area is 246 Å². The third-order valence-electron chi connectivity index (χ3n) is 6.75. The molecule has 2 aliphatic rings. The number of hydrazone groups is 1. The molecule has 5 rings (SSSR count). The molecule has 1 aromatic heterocycles. The number of hydrogen-bond acceptors (Lipinski definition) is 10. The first kappa shape index (κ1) is 29.5. The molecule has 0 bridgehead atoms. The van der Waals surface area contributed by atoms with Gasteiger partial charge in [-0.3, -0.25) is 10.1 Å². The van der Waals surface area contributed by atoms with Crippen LogP contribution in [0.3, 0.4) is 0 Å². The summed E-state index contributed by atoms with van der Waals surface area (Å²) in [5.74, 6) is 0.852. The van der Waals surface area contributed by atoms with Crippen LogP contribution in [0.25, 0.3) is 28.1 Å². The number of carbonyl (C=O) groups is 1. The van der Waals surface area contributed by atoms with Gasteiger partial charge in [0.25, 0.3) is 0 Å². The van der Waals surface area contributed by atoms with Crippen LogP contribution in [-0.2, 0) is 16.6 Å². The first-order valence-corrected chi connectivity index (χ1v) is 13.4. The Morgan fingerprint density at radius 3 is 2.63 bits per heavy atom. The lowest BCUT2D eigenvalue weighted by Crippen LogP contribution is -2.37. The molecule has 4 N–H and O–H groups in total. The van der Waals surface area contributed by atoms with Gasteiger partial charge in [0.15, 0.2) is 5.94 Å². The lowest BCUT2D eigenvalue weighted by Gasteiger charge is -2.22. The van der Waals surface area contributed by atoms with Gasteiger partial charge in [-0.1, -0.05) is 12.1 Å². The number of fused-ring (bicyclic) bond motifs is 1. The monoisotopic (exact) mass is 586 g/mol. The summed E-state index contributed by atoms with van der Waals surface area (Å²) in [5.41, 5.74) is 3.67. The van der Waals surface area contributed by atoms with Gasteiger partial charge in [-0.05, 0) is 51.3 Å². The molecule has 1 aliphatic carbocycles. The fourth-order valence-electron chi connectivity index (χ4n) is 4.67. The summed E-state index contributed by atoms with van der Waals surface area (Å²) in [4.78, 5) is 23.9. The van der Waals surface area contributed by atoms with Crippen LogP contribution in [0.15, 0.2) is 35.6 Å². The fourth-order valence-corrected chi connectivity index (χ4v) is 4.67. The number of benzene rings is 2. The van der Waals surface area contributed by atoms with E-state index in [1.165, 1.54) is 10.9 Å². The zero-order chi connectivity index (χ0) is 31.1. The van der Waals surface area contributed by atoms with E-state index in [1.807, 2.05) is 12.0 Å². The topological polar surface area (TPSA) is 171 Å². The van der Waals surface area contributed by atoms with Crippen LogP contribution in [0.2, 0.25) is 0 Å². The van der Waals surface area contributed by atoms with E-state index in [1.54, 1.807) is 46.0 Å². The molecule has 0 radical (unpaired) electrons. The van der Waals surface area contributed by atoms with Crippen LogP contribution in [0.1, 0.15) is 50.3 Å². The smallest absolute Gasteiger partial charge is 0.489 e. The number of ether oxygens (including phenoxy) is 2. The van der Waals surface area contributed by atoms with Crippen LogP contribution in [-0.4, -0.2) is 62.9 Å². The molecule has 12 nitrogen and oxygen atoms in total. The predicted molar refractivity (Wildman–Crippen MR) is 155 cm³/mol. The molecule has 1 aliphatic heterocycles. The second-order valence-corrected chi connectivity index (χ2v) is 11.1. The molecule has 43 heavy (non-hydrogen) atoms. The van der Waals surface area contributed by atoms with Gasteiger partial charge >= 0.3 is 13.2 Å². The molecule has 1 amide bonds. The first-order valence-electron chi connectivity index (χ1n) is 13.4. The van der Waals surface area contributed by atoms with Crippen LogP contribution >= 0.6 is 0 Å². The third-order valence-corrected chi connectivity index (χ3v) is 6.75. The van der Waals surface area contributed by atoms with Crippen LogP contribution < -0.4 is 20.9 Å². The Bertz CT molecular complexity index is 1750. The summed E-state index contributed by atoms with van der Waals surface area (Å²) < 4.78 is 28.5. The Balaban J connectivity index is 1.62. The summed E-state index contributed by atoms with van der Waals surface area (Å²) in [6.45, 7) is 5.16. The molecule has 0 saturated heterocycles. The third kappa shape index (κ3) is 6.00. The van der Waals surface area contributed by atoms with Gasteiger partial charge in [-0.25, -0.2) is 14.0 Å². The predicted octanol–water partition coefficient (Wildman–Crippen LogP) is 1.99. The summed E-state index contributed by atoms with van der Waals surface area (Å²) in [6.07, 6.45) is 2.20. The normalized spacial score (nSPS) is 14.1. The minimum absolute atomic E-state index is 0.0385. The molecule has 1 saturated carbocycles. The van der Waals surface area contributed by atoms with Gasteiger partial charge in [-0.15, -0.1) is 0 Å². The summed E-state index contributed by atoms with van der Waals surface area (Å²) in [7, 11) is -0.596. The molecular formula is C29H28BFN6O6. The maximum atomic E-state index is 16.0. The zero-order valence-corrected chi connectivity index (χ0v) is 23.9. The van der Waals surface area contributed by atoms with Crippen molar-refractivity contribution in [1.29, 1.82) is 5.26 Å². The van der Waals surface area contributed by atoms with E-state index < -0.39 is 30.1 Å². The summed E-state index contributed by atoms with van der Waals surface area (Å²) >= 11 is 0. The van der Waals surface area contributed by atoms with Gasteiger partial charge in [0, 0.05) is 29.2 Å². The number of hydrogen-bond donors (Lipinski definition) is 4. The highest BCUT2D eigenvalue weighted by atomic mass is 19.1. The molecular weight excluding hydrogens is 558 g/mol. The lowest BCUT2D eigenvalue weighted by molar-refractivity contribution is 0.0536. The van der Waals surface area contributed by atoms with Crippen molar-refractivity contribution in [3.63, 3.8) is 0 Å². The van der Waals surface area contributed by atoms with E-state index in [4.69, 9.17) is 9.47 Å². The Morgan fingerprint density at radius 1 is 1.26 bits per heavy atom. The fraction of sp³-hybridized carbons (Fsp3) is 0.310. The molecule has 0 unspecified atom stereocenters. The van der Waals surface area contributed by atoms with Crippen molar-refractivity contribution in [2.45, 2.75) is 45.3 Å². The minimum atomic E-state index is -2.16. The summed E-state index contributed by atoms with van der Waals surface area (Å²) in [6, 6.07) is 8.17. The standard InChI is InChI=1S/C29H28BFN6O6/c1-29(2,3)43-28(39)33-13-22-18-9-15(5-8-17(18)23(14-38)36-35-22)20-12-34-37(4)27(20)25-19(11-32)24(42-16-6-7-16)10-21(26(25)31)30(40)41/h5,8-10,12,16,36,40-41H,6-7,13H2,1-4H3,(H,33,39). The van der Waals surface area contributed by atoms with E-state index >= 15 is 4.39 Å². The average molecular weight is 586 g/mol. The number of aryl methyl sites for hydroxylation is 1. The highest BCUT2D eigenvalue weighted by Gasteiger charge is 2.33. The van der Waals surface area contributed by atoms with Gasteiger partial charge in [-0.2, -0.15) is 15.5 Å². The molecule has 220 valence electrons. The number of carbonyl (C=O) groups excluding carboxylic acids is 2. The first-order chi connectivity index (χ1) is 20.4. The van der Waals surface area contributed by atoms with E-state index in [-0.39, 0.29) is 40.9 Å². The van der Waals surface area contributed by atoms with Gasteiger partial charge in [0.1, 0.15) is 34.5 Å². The number of rotatable bonds is 7. The highest BCUT2D eigenvalue weighted by Crippen LogP contribution is 2.40. The number of nitriles is 1.